The van der Waals surface area contributed by atoms with Crippen LogP contribution in [0.25, 0.3) is 0 Å². The van der Waals surface area contributed by atoms with E-state index in [1.165, 1.54) is 0 Å². The highest BCUT2D eigenvalue weighted by Gasteiger charge is 2.16. The Labute approximate surface area is 91.2 Å². The zero-order chi connectivity index (χ0) is 11.7. The van der Waals surface area contributed by atoms with Gasteiger partial charge < -0.3 is 20.5 Å². The molecule has 5 heteroatoms. The van der Waals surface area contributed by atoms with E-state index in [2.05, 4.69) is 10.6 Å². The number of carbonyl (C=O) groups excluding carboxylic acids is 1. The summed E-state index contributed by atoms with van der Waals surface area (Å²) in [7, 11) is 1.72. The highest BCUT2D eigenvalue weighted by molar-refractivity contribution is 5.77. The minimum atomic E-state index is -0.331. The van der Waals surface area contributed by atoms with Crippen LogP contribution < -0.4 is 10.6 Å². The maximum absolute atomic E-state index is 11.0. The van der Waals surface area contributed by atoms with E-state index >= 15 is 0 Å². The van der Waals surface area contributed by atoms with Gasteiger partial charge in [-0.15, -0.1) is 0 Å². The van der Waals surface area contributed by atoms with Crippen LogP contribution in [0.15, 0.2) is 0 Å². The van der Waals surface area contributed by atoms with Gasteiger partial charge in [0, 0.05) is 13.2 Å². The monoisotopic (exact) mass is 218 g/mol. The quantitative estimate of drug-likeness (QED) is 0.480. The van der Waals surface area contributed by atoms with Crippen molar-refractivity contribution in [2.75, 3.05) is 33.4 Å². The van der Waals surface area contributed by atoms with Gasteiger partial charge in [-0.25, -0.2) is 0 Å². The number of carbonyl (C=O) groups is 1. The fraction of sp³-hybridized carbons (Fsp3) is 0.900. The van der Waals surface area contributed by atoms with Gasteiger partial charge in [-0.3, -0.25) is 4.79 Å². The molecule has 0 heterocycles. The molecular weight excluding hydrogens is 196 g/mol. The fourth-order valence-electron chi connectivity index (χ4n) is 1.08. The van der Waals surface area contributed by atoms with Crippen LogP contribution in [0.5, 0.6) is 0 Å². The first-order chi connectivity index (χ1) is 7.02. The maximum Gasteiger partial charge on any atom is 0.234 e. The molecule has 0 rings (SSSR count). The summed E-state index contributed by atoms with van der Waals surface area (Å²) in [5.74, 6) is -0.0407. The summed E-state index contributed by atoms with van der Waals surface area (Å²) >= 11 is 0. The van der Waals surface area contributed by atoms with E-state index in [1.807, 2.05) is 13.8 Å². The number of ether oxygens (including phenoxy) is 1. The summed E-state index contributed by atoms with van der Waals surface area (Å²) in [5, 5.41) is 14.2. The largest absolute Gasteiger partial charge is 0.396 e. The van der Waals surface area contributed by atoms with E-state index < -0.39 is 0 Å². The van der Waals surface area contributed by atoms with Crippen LogP contribution >= 0.6 is 0 Å². The van der Waals surface area contributed by atoms with E-state index in [0.29, 0.717) is 26.1 Å². The molecule has 0 saturated carbocycles. The Bertz CT molecular complexity index is 184. The van der Waals surface area contributed by atoms with Crippen LogP contribution in [0.2, 0.25) is 0 Å². The highest BCUT2D eigenvalue weighted by Crippen LogP contribution is 2.12. The summed E-state index contributed by atoms with van der Waals surface area (Å²) < 4.78 is 5.50. The summed E-state index contributed by atoms with van der Waals surface area (Å²) in [6.07, 6.45) is 0.595. The van der Waals surface area contributed by atoms with Crippen molar-refractivity contribution >= 4 is 5.91 Å². The van der Waals surface area contributed by atoms with Crippen molar-refractivity contribution in [2.24, 2.45) is 0 Å². The Morgan fingerprint density at radius 3 is 2.67 bits per heavy atom. The normalized spacial score (nSPS) is 11.5. The fourth-order valence-corrected chi connectivity index (χ4v) is 1.08. The number of aliphatic hydroxyl groups excluding tert-OH is 1. The van der Waals surface area contributed by atoms with Gasteiger partial charge in [0.15, 0.2) is 0 Å². The minimum absolute atomic E-state index is 0.0407. The number of hydrogen-bond acceptors (Lipinski definition) is 4. The first kappa shape index (κ1) is 14.3. The zero-order valence-corrected chi connectivity index (χ0v) is 9.80. The van der Waals surface area contributed by atoms with Crippen LogP contribution in [0.4, 0.5) is 0 Å². The van der Waals surface area contributed by atoms with Crippen LogP contribution in [-0.4, -0.2) is 50.0 Å². The topological polar surface area (TPSA) is 70.6 Å². The molecule has 0 fully saturated rings. The van der Waals surface area contributed by atoms with E-state index in [-0.39, 0.29) is 18.1 Å². The van der Waals surface area contributed by atoms with Gasteiger partial charge in [0.2, 0.25) is 5.91 Å². The molecule has 3 N–H and O–H groups in total. The molecule has 1 amide bonds. The second-order valence-electron chi connectivity index (χ2n) is 3.96. The second-order valence-corrected chi connectivity index (χ2v) is 3.96. The lowest BCUT2D eigenvalue weighted by molar-refractivity contribution is -0.120. The van der Waals surface area contributed by atoms with Crippen molar-refractivity contribution in [3.05, 3.63) is 0 Å². The minimum Gasteiger partial charge on any atom is -0.396 e. The standard InChI is InChI=1S/C10H22N2O3/c1-10(2,4-6-13)15-7-5-12-9(14)8-11-3/h11,13H,4-8H2,1-3H3,(H,12,14). The second kappa shape index (κ2) is 7.62. The van der Waals surface area contributed by atoms with Crippen LogP contribution in [-0.2, 0) is 9.53 Å². The molecule has 0 aromatic rings. The number of likely N-dealkylation sites (N-methyl/N-ethyl adjacent to an activating group) is 1. The Hall–Kier alpha value is -0.650. The molecular formula is C10H22N2O3. The van der Waals surface area contributed by atoms with Gasteiger partial charge in [-0.1, -0.05) is 0 Å². The van der Waals surface area contributed by atoms with Crippen molar-refractivity contribution in [1.82, 2.24) is 10.6 Å². The van der Waals surface area contributed by atoms with Crippen LogP contribution in [0, 0.1) is 0 Å². The SMILES string of the molecule is CNCC(=O)NCCOC(C)(C)CCO. The molecule has 0 aliphatic heterocycles. The molecule has 0 aliphatic carbocycles. The van der Waals surface area contributed by atoms with E-state index in [0.717, 1.165) is 0 Å². The zero-order valence-electron chi connectivity index (χ0n) is 9.80. The number of nitrogens with one attached hydrogen (secondary N) is 2. The Morgan fingerprint density at radius 1 is 1.47 bits per heavy atom. The average Bonchev–Trinajstić information content (AvgIpc) is 2.13. The van der Waals surface area contributed by atoms with Crippen LogP contribution in [0.3, 0.4) is 0 Å². The molecule has 0 atom stereocenters. The molecule has 90 valence electrons. The third-order valence-electron chi connectivity index (χ3n) is 1.97. The summed E-state index contributed by atoms with van der Waals surface area (Å²) in [5.41, 5.74) is -0.331. The number of amides is 1. The van der Waals surface area contributed by atoms with Crippen molar-refractivity contribution < 1.29 is 14.6 Å². The number of aliphatic hydroxyl groups is 1. The van der Waals surface area contributed by atoms with Gasteiger partial charge >= 0.3 is 0 Å². The molecule has 15 heavy (non-hydrogen) atoms. The van der Waals surface area contributed by atoms with E-state index in [9.17, 15) is 4.79 Å². The molecule has 5 nitrogen and oxygen atoms in total. The Morgan fingerprint density at radius 2 is 2.13 bits per heavy atom. The number of hydrogen-bond donors (Lipinski definition) is 3. The molecule has 0 spiro atoms. The third-order valence-corrected chi connectivity index (χ3v) is 1.97. The smallest absolute Gasteiger partial charge is 0.234 e. The van der Waals surface area contributed by atoms with Gasteiger partial charge in [0.05, 0.1) is 18.8 Å². The summed E-state index contributed by atoms with van der Waals surface area (Å²) in [4.78, 5) is 11.0. The van der Waals surface area contributed by atoms with E-state index in [1.54, 1.807) is 7.05 Å². The molecule has 0 aromatic carbocycles. The van der Waals surface area contributed by atoms with Crippen molar-refractivity contribution in [1.29, 1.82) is 0 Å². The predicted molar refractivity (Wildman–Crippen MR) is 58.7 cm³/mol. The molecule has 0 unspecified atom stereocenters. The molecule has 0 aliphatic rings. The maximum atomic E-state index is 11.0. The van der Waals surface area contributed by atoms with Crippen molar-refractivity contribution in [3.8, 4) is 0 Å². The predicted octanol–water partition coefficient (Wildman–Crippen LogP) is -0.500. The molecule has 0 saturated heterocycles. The average molecular weight is 218 g/mol. The van der Waals surface area contributed by atoms with Gasteiger partial charge in [-0.2, -0.15) is 0 Å². The summed E-state index contributed by atoms with van der Waals surface area (Å²) in [6, 6.07) is 0. The van der Waals surface area contributed by atoms with Gasteiger partial charge in [0.1, 0.15) is 0 Å². The van der Waals surface area contributed by atoms with Crippen molar-refractivity contribution in [3.63, 3.8) is 0 Å². The molecule has 0 bridgehead atoms. The lowest BCUT2D eigenvalue weighted by atomic mass is 10.1. The van der Waals surface area contributed by atoms with Gasteiger partial charge in [0.25, 0.3) is 0 Å². The number of rotatable bonds is 8. The molecule has 0 radical (unpaired) electrons. The summed E-state index contributed by atoms with van der Waals surface area (Å²) in [6.45, 7) is 5.22. The lowest BCUT2D eigenvalue weighted by Gasteiger charge is -2.24. The Kier molecular flexibility index (Phi) is 7.29. The highest BCUT2D eigenvalue weighted by atomic mass is 16.5. The van der Waals surface area contributed by atoms with Crippen molar-refractivity contribution in [2.45, 2.75) is 25.9 Å². The lowest BCUT2D eigenvalue weighted by Crippen LogP contribution is -2.36. The van der Waals surface area contributed by atoms with Gasteiger partial charge in [-0.05, 0) is 27.3 Å². The molecule has 0 aromatic heterocycles. The first-order valence-electron chi connectivity index (χ1n) is 5.18. The van der Waals surface area contributed by atoms with Crippen LogP contribution in [0.1, 0.15) is 20.3 Å². The third kappa shape index (κ3) is 8.35. The Balaban J connectivity index is 3.49. The first-order valence-corrected chi connectivity index (χ1v) is 5.18. The van der Waals surface area contributed by atoms with E-state index in [4.69, 9.17) is 9.84 Å².